The number of para-hydroxylation sites is 1. The van der Waals surface area contributed by atoms with Crippen molar-refractivity contribution in [3.8, 4) is 5.75 Å². The zero-order chi connectivity index (χ0) is 7.40. The molecule has 0 heterocycles. The second-order valence-electron chi connectivity index (χ2n) is 2.10. The summed E-state index contributed by atoms with van der Waals surface area (Å²) in [6.45, 7) is 0.590. The monoisotopic (exact) mass is 143 g/mol. The summed E-state index contributed by atoms with van der Waals surface area (Å²) in [5.74, 6) is 0.327. The number of aromatic hydroxyl groups is 1. The number of hydrogen-bond acceptors (Lipinski definition) is 1. The molecule has 2 nitrogen and oxygen atoms in total. The molecule has 0 amide bonds. The first kappa shape index (κ1) is 10.6. The molecular weight excluding hydrogens is 133 g/mol. The molecule has 1 rings (SSSR count). The minimum atomic E-state index is 0. The maximum atomic E-state index is 9.18. The molecule has 3 heteroatoms. The van der Waals surface area contributed by atoms with E-state index < -0.39 is 0 Å². The van der Waals surface area contributed by atoms with Crippen LogP contribution in [0.25, 0.3) is 5.32 Å². The van der Waals surface area contributed by atoms with Crippen molar-refractivity contribution < 1.29 is 24.0 Å². The Balaban J connectivity index is 0.000001000. The van der Waals surface area contributed by atoms with Crippen LogP contribution in [-0.2, 0) is 6.54 Å². The fraction of sp³-hybridized carbons (Fsp3) is 0.250. The summed E-state index contributed by atoms with van der Waals surface area (Å²) < 4.78 is 0. The van der Waals surface area contributed by atoms with Gasteiger partial charge in [-0.05, 0) is 11.6 Å². The van der Waals surface area contributed by atoms with Gasteiger partial charge in [0.2, 0.25) is 0 Å². The summed E-state index contributed by atoms with van der Waals surface area (Å²) in [6.07, 6.45) is 0. The first-order chi connectivity index (χ1) is 4.84. The molecule has 1 aromatic carbocycles. The van der Waals surface area contributed by atoms with Gasteiger partial charge in [0.15, 0.2) is 0 Å². The van der Waals surface area contributed by atoms with Crippen molar-refractivity contribution in [2.24, 2.45) is 0 Å². The standard InChI is InChI=1S/C8H10NO.Li/c1-9-6-7-4-2-3-5-8(7)10;/h2-5,10H,6H2,1H3;/q-1;+1. The van der Waals surface area contributed by atoms with Crippen molar-refractivity contribution in [2.45, 2.75) is 6.54 Å². The molecule has 1 aromatic rings. The predicted molar refractivity (Wildman–Crippen MR) is 41.1 cm³/mol. The van der Waals surface area contributed by atoms with Gasteiger partial charge in [-0.2, -0.15) is 7.05 Å². The minimum Gasteiger partial charge on any atom is -0.661 e. The molecule has 11 heavy (non-hydrogen) atoms. The van der Waals surface area contributed by atoms with Crippen LogP contribution in [0.15, 0.2) is 24.3 Å². The Hall–Kier alpha value is -0.423. The van der Waals surface area contributed by atoms with Crippen LogP contribution in [0.5, 0.6) is 5.75 Å². The van der Waals surface area contributed by atoms with Gasteiger partial charge >= 0.3 is 18.9 Å². The van der Waals surface area contributed by atoms with Gasteiger partial charge in [-0.3, -0.25) is 0 Å². The van der Waals surface area contributed by atoms with Gasteiger partial charge in [0.05, 0.1) is 0 Å². The predicted octanol–water partition coefficient (Wildman–Crippen LogP) is -1.10. The number of nitrogens with zero attached hydrogens (tertiary/aromatic N) is 1. The van der Waals surface area contributed by atoms with Gasteiger partial charge in [-0.25, -0.2) is 0 Å². The molecule has 0 aliphatic rings. The van der Waals surface area contributed by atoms with Crippen molar-refractivity contribution in [1.29, 1.82) is 0 Å². The van der Waals surface area contributed by atoms with Crippen molar-refractivity contribution in [3.63, 3.8) is 0 Å². The van der Waals surface area contributed by atoms with Gasteiger partial charge in [0.1, 0.15) is 5.75 Å². The summed E-state index contributed by atoms with van der Waals surface area (Å²) >= 11 is 0. The third kappa shape index (κ3) is 2.98. The summed E-state index contributed by atoms with van der Waals surface area (Å²) in [6, 6.07) is 7.22. The summed E-state index contributed by atoms with van der Waals surface area (Å²) in [7, 11) is 1.73. The molecule has 0 atom stereocenters. The summed E-state index contributed by atoms with van der Waals surface area (Å²) in [4.78, 5) is 0. The van der Waals surface area contributed by atoms with Gasteiger partial charge in [0, 0.05) is 0 Å². The van der Waals surface area contributed by atoms with Gasteiger partial charge in [-0.15, -0.1) is 6.54 Å². The van der Waals surface area contributed by atoms with E-state index in [1.807, 2.05) is 12.1 Å². The topological polar surface area (TPSA) is 34.3 Å². The normalized spacial score (nSPS) is 8.82. The molecule has 0 aliphatic carbocycles. The molecule has 0 bridgehead atoms. The van der Waals surface area contributed by atoms with Crippen molar-refractivity contribution in [1.82, 2.24) is 0 Å². The Morgan fingerprint density at radius 2 is 2.00 bits per heavy atom. The average Bonchev–Trinajstić information content (AvgIpc) is 1.94. The Labute approximate surface area is 78.8 Å². The van der Waals surface area contributed by atoms with E-state index in [1.165, 1.54) is 0 Å². The van der Waals surface area contributed by atoms with Gasteiger partial charge in [-0.1, -0.05) is 18.2 Å². The molecule has 0 aliphatic heterocycles. The zero-order valence-corrected chi connectivity index (χ0v) is 6.91. The van der Waals surface area contributed by atoms with E-state index in [1.54, 1.807) is 19.2 Å². The third-order valence-corrected chi connectivity index (χ3v) is 1.32. The van der Waals surface area contributed by atoms with E-state index >= 15 is 0 Å². The maximum absolute atomic E-state index is 9.18. The SMILES string of the molecule is C[N-]Cc1ccccc1O.[Li+]. The number of phenols is 1. The molecule has 54 valence electrons. The first-order valence-electron chi connectivity index (χ1n) is 3.17. The molecule has 0 fully saturated rings. The number of phenolic OH excluding ortho intramolecular Hbond substituents is 1. The van der Waals surface area contributed by atoms with Crippen LogP contribution in [0.2, 0.25) is 0 Å². The average molecular weight is 143 g/mol. The smallest absolute Gasteiger partial charge is 0.661 e. The number of hydrogen-bond donors (Lipinski definition) is 1. The van der Waals surface area contributed by atoms with E-state index in [0.717, 1.165) is 5.56 Å². The second-order valence-corrected chi connectivity index (χ2v) is 2.10. The number of rotatable bonds is 2. The van der Waals surface area contributed by atoms with E-state index in [-0.39, 0.29) is 18.9 Å². The van der Waals surface area contributed by atoms with Crippen molar-refractivity contribution in [3.05, 3.63) is 35.1 Å². The van der Waals surface area contributed by atoms with Crippen LogP contribution in [-0.4, -0.2) is 12.2 Å². The Morgan fingerprint density at radius 1 is 1.36 bits per heavy atom. The van der Waals surface area contributed by atoms with Crippen LogP contribution in [0.3, 0.4) is 0 Å². The van der Waals surface area contributed by atoms with Crippen LogP contribution >= 0.6 is 0 Å². The van der Waals surface area contributed by atoms with E-state index in [2.05, 4.69) is 5.32 Å². The maximum Gasteiger partial charge on any atom is 1.00 e. The number of benzene rings is 1. The molecule has 1 N–H and O–H groups in total. The molecule has 0 spiro atoms. The molecule has 0 radical (unpaired) electrons. The molecule has 0 unspecified atom stereocenters. The van der Waals surface area contributed by atoms with Gasteiger partial charge < -0.3 is 10.4 Å². The molecule has 0 saturated heterocycles. The largest absolute Gasteiger partial charge is 1.00 e. The fourth-order valence-corrected chi connectivity index (χ4v) is 0.815. The summed E-state index contributed by atoms with van der Waals surface area (Å²) in [5.41, 5.74) is 0.880. The van der Waals surface area contributed by atoms with Crippen LogP contribution < -0.4 is 18.9 Å². The summed E-state index contributed by atoms with van der Waals surface area (Å²) in [5, 5.41) is 13.1. The van der Waals surface area contributed by atoms with E-state index in [4.69, 9.17) is 0 Å². The molecule has 0 aromatic heterocycles. The Morgan fingerprint density at radius 3 is 2.55 bits per heavy atom. The first-order valence-corrected chi connectivity index (χ1v) is 3.17. The van der Waals surface area contributed by atoms with Crippen molar-refractivity contribution in [2.75, 3.05) is 7.05 Å². The second kappa shape index (κ2) is 5.26. The third-order valence-electron chi connectivity index (χ3n) is 1.32. The van der Waals surface area contributed by atoms with Crippen LogP contribution in [0.4, 0.5) is 0 Å². The van der Waals surface area contributed by atoms with Crippen molar-refractivity contribution >= 4 is 0 Å². The molecular formula is C8H10LiNO. The quantitative estimate of drug-likeness (QED) is 0.524. The van der Waals surface area contributed by atoms with Crippen LogP contribution in [0, 0.1) is 0 Å². The Bertz CT molecular complexity index is 215. The van der Waals surface area contributed by atoms with Gasteiger partial charge in [0.25, 0.3) is 0 Å². The van der Waals surface area contributed by atoms with E-state index in [0.29, 0.717) is 12.3 Å². The minimum absolute atomic E-state index is 0. The molecule has 0 saturated carbocycles. The Kier molecular flexibility index (Phi) is 5.06. The fourth-order valence-electron chi connectivity index (χ4n) is 0.815. The van der Waals surface area contributed by atoms with Crippen LogP contribution in [0.1, 0.15) is 5.56 Å². The van der Waals surface area contributed by atoms with E-state index in [9.17, 15) is 5.11 Å². The zero-order valence-electron chi connectivity index (χ0n) is 6.91.